The zero-order valence-corrected chi connectivity index (χ0v) is 20.0. The molecule has 1 aromatic heterocycles. The molecule has 0 amide bonds. The highest BCUT2D eigenvalue weighted by molar-refractivity contribution is 6.29. The molecule has 0 bridgehead atoms. The van der Waals surface area contributed by atoms with E-state index in [1.807, 2.05) is 57.2 Å². The van der Waals surface area contributed by atoms with Crippen LogP contribution >= 0.6 is 11.6 Å². The Kier molecular flexibility index (Phi) is 6.39. The number of carboxylic acids is 1. The topological polar surface area (TPSA) is 101 Å². The average Bonchev–Trinajstić information content (AvgIpc) is 2.82. The zero-order valence-electron chi connectivity index (χ0n) is 19.2. The van der Waals surface area contributed by atoms with E-state index in [0.29, 0.717) is 22.6 Å². The number of pyridine rings is 1. The fraction of sp³-hybridized carbons (Fsp3) is 0.231. The largest absolute Gasteiger partial charge is 0.497 e. The number of halogens is 1. The number of aliphatic imine (C=N–C) groups is 1. The third-order valence-corrected chi connectivity index (χ3v) is 6.08. The number of aromatic nitrogens is 1. The molecule has 2 aromatic carbocycles. The number of carbonyl (C=O) groups is 2. The summed E-state index contributed by atoms with van der Waals surface area (Å²) in [5.74, 6) is -0.878. The third-order valence-electron chi connectivity index (χ3n) is 5.87. The van der Waals surface area contributed by atoms with Crippen molar-refractivity contribution in [1.82, 2.24) is 4.98 Å². The summed E-state index contributed by atoms with van der Waals surface area (Å²) in [4.78, 5) is 33.9. The van der Waals surface area contributed by atoms with Crippen molar-refractivity contribution in [2.75, 3.05) is 12.4 Å². The van der Waals surface area contributed by atoms with Gasteiger partial charge in [0.25, 0.3) is 0 Å². The molecule has 0 fully saturated rings. The number of Topliss-reactive ketones (excluding diaryl/α,β-unsaturated/α-hetero) is 1. The number of fused-ring (bicyclic) bond motifs is 1. The number of hydrogen-bond donors (Lipinski definition) is 2. The van der Waals surface area contributed by atoms with Crippen molar-refractivity contribution in [2.24, 2.45) is 10.9 Å². The maximum atomic E-state index is 13.4. The van der Waals surface area contributed by atoms with Crippen LogP contribution in [0.3, 0.4) is 0 Å². The van der Waals surface area contributed by atoms with Gasteiger partial charge >= 0.3 is 5.97 Å². The minimum Gasteiger partial charge on any atom is -0.497 e. The van der Waals surface area contributed by atoms with E-state index < -0.39 is 11.9 Å². The summed E-state index contributed by atoms with van der Waals surface area (Å²) >= 11 is 5.89. The Labute approximate surface area is 202 Å². The van der Waals surface area contributed by atoms with Crippen molar-refractivity contribution in [2.45, 2.75) is 26.8 Å². The second-order valence-corrected chi connectivity index (χ2v) is 8.65. The van der Waals surface area contributed by atoms with E-state index in [0.717, 1.165) is 22.4 Å². The second kappa shape index (κ2) is 9.27. The van der Waals surface area contributed by atoms with Crippen LogP contribution in [0, 0.1) is 12.8 Å². The lowest BCUT2D eigenvalue weighted by Crippen LogP contribution is -2.26. The van der Waals surface area contributed by atoms with Gasteiger partial charge in [0.2, 0.25) is 0 Å². The smallest absolute Gasteiger partial charge is 0.356 e. The molecule has 0 spiro atoms. The van der Waals surface area contributed by atoms with Crippen molar-refractivity contribution < 1.29 is 19.4 Å². The molecule has 1 aliphatic heterocycles. The first-order valence-electron chi connectivity index (χ1n) is 10.8. The van der Waals surface area contributed by atoms with E-state index in [4.69, 9.17) is 21.3 Å². The number of carboxylic acid groups (broad SMARTS) is 1. The quantitative estimate of drug-likeness (QED) is 0.430. The van der Waals surface area contributed by atoms with Crippen LogP contribution in [-0.4, -0.2) is 34.7 Å². The van der Waals surface area contributed by atoms with Crippen LogP contribution in [0.5, 0.6) is 5.75 Å². The number of ether oxygens (including phenoxy) is 1. The number of carbonyl (C=O) groups excluding carboxylic acids is 1. The molecule has 0 saturated heterocycles. The van der Waals surface area contributed by atoms with Crippen LogP contribution in [-0.2, 0) is 0 Å². The molecular formula is C26H24ClN3O4. The number of ketones is 1. The Bertz CT molecular complexity index is 1320. The average molecular weight is 478 g/mol. The first-order chi connectivity index (χ1) is 16.2. The molecule has 1 aliphatic rings. The van der Waals surface area contributed by atoms with Crippen LogP contribution in [0.25, 0.3) is 0 Å². The second-order valence-electron chi connectivity index (χ2n) is 8.26. The maximum Gasteiger partial charge on any atom is 0.356 e. The fourth-order valence-corrected chi connectivity index (χ4v) is 4.27. The van der Waals surface area contributed by atoms with Gasteiger partial charge in [-0.15, -0.1) is 0 Å². The summed E-state index contributed by atoms with van der Waals surface area (Å²) in [5.41, 5.74) is 4.51. The lowest BCUT2D eigenvalue weighted by Gasteiger charge is -2.26. The monoisotopic (exact) mass is 477 g/mol. The highest BCUT2D eigenvalue weighted by atomic mass is 35.5. The molecule has 2 heterocycles. The minimum absolute atomic E-state index is 0.00708. The van der Waals surface area contributed by atoms with Crippen molar-refractivity contribution in [3.05, 3.63) is 81.6 Å². The number of aromatic carboxylic acids is 1. The molecule has 34 heavy (non-hydrogen) atoms. The van der Waals surface area contributed by atoms with E-state index in [-0.39, 0.29) is 22.7 Å². The Morgan fingerprint density at radius 2 is 1.88 bits per heavy atom. The number of benzene rings is 2. The van der Waals surface area contributed by atoms with Gasteiger partial charge in [0.15, 0.2) is 11.5 Å². The van der Waals surface area contributed by atoms with Crippen molar-refractivity contribution in [1.29, 1.82) is 0 Å². The summed E-state index contributed by atoms with van der Waals surface area (Å²) in [6, 6.07) is 14.0. The molecule has 2 atom stereocenters. The molecule has 4 rings (SSSR count). The number of anilines is 1. The predicted octanol–water partition coefficient (Wildman–Crippen LogP) is 5.88. The van der Waals surface area contributed by atoms with Gasteiger partial charge in [-0.25, -0.2) is 9.78 Å². The molecule has 0 radical (unpaired) electrons. The Balaban J connectivity index is 1.80. The van der Waals surface area contributed by atoms with Crippen molar-refractivity contribution in [3.63, 3.8) is 0 Å². The van der Waals surface area contributed by atoms with E-state index in [9.17, 15) is 14.7 Å². The number of nitrogens with one attached hydrogen (secondary N) is 1. The normalized spacial score (nSPS) is 15.9. The highest BCUT2D eigenvalue weighted by Crippen LogP contribution is 2.39. The van der Waals surface area contributed by atoms with Gasteiger partial charge in [-0.1, -0.05) is 17.7 Å². The van der Waals surface area contributed by atoms with Crippen LogP contribution in [0.2, 0.25) is 5.15 Å². The van der Waals surface area contributed by atoms with Gasteiger partial charge in [-0.3, -0.25) is 9.79 Å². The molecule has 0 aliphatic carbocycles. The van der Waals surface area contributed by atoms with Gasteiger partial charge in [-0.05, 0) is 74.4 Å². The Hall–Kier alpha value is -3.71. The number of hydrogen-bond acceptors (Lipinski definition) is 6. The van der Waals surface area contributed by atoms with Gasteiger partial charge in [0.05, 0.1) is 36.2 Å². The molecule has 174 valence electrons. The van der Waals surface area contributed by atoms with E-state index in [2.05, 4.69) is 10.3 Å². The number of nitrogens with zero attached hydrogens (tertiary/aromatic N) is 2. The summed E-state index contributed by atoms with van der Waals surface area (Å²) in [6.07, 6.45) is 0. The standard InChI is InChI=1S/C26H24ClN3O4/c1-13-11-18(15(3)28-20-9-10-21(27)29-24(20)26(32)33)23-19(12-13)25(31)14(2)22(30-23)16-5-7-17(34-4)8-6-16/h5-12,14-15,28H,1-4H3,(H,32,33). The molecule has 8 heteroatoms. The van der Waals surface area contributed by atoms with E-state index >= 15 is 0 Å². The molecular weight excluding hydrogens is 454 g/mol. The van der Waals surface area contributed by atoms with Crippen molar-refractivity contribution in [3.8, 4) is 5.75 Å². The summed E-state index contributed by atoms with van der Waals surface area (Å²) in [7, 11) is 1.60. The Morgan fingerprint density at radius 1 is 1.18 bits per heavy atom. The molecule has 7 nitrogen and oxygen atoms in total. The molecule has 3 aromatic rings. The highest BCUT2D eigenvalue weighted by Gasteiger charge is 2.31. The number of rotatable bonds is 6. The van der Waals surface area contributed by atoms with Crippen LogP contribution in [0.15, 0.2) is 53.5 Å². The van der Waals surface area contributed by atoms with Gasteiger partial charge in [0, 0.05) is 11.1 Å². The van der Waals surface area contributed by atoms with Gasteiger partial charge < -0.3 is 15.2 Å². The SMILES string of the molecule is COc1ccc(C2=Nc3c(cc(C)cc3C(C)Nc3ccc(Cl)nc3C(=O)O)C(=O)C2C)cc1. The Morgan fingerprint density at radius 3 is 2.53 bits per heavy atom. The first kappa shape index (κ1) is 23.4. The van der Waals surface area contributed by atoms with Crippen molar-refractivity contribution >= 4 is 40.4 Å². The third kappa shape index (κ3) is 4.39. The number of methoxy groups -OCH3 is 1. The lowest BCUT2D eigenvalue weighted by atomic mass is 9.84. The summed E-state index contributed by atoms with van der Waals surface area (Å²) in [5, 5.41) is 12.8. The molecule has 2 N–H and O–H groups in total. The lowest BCUT2D eigenvalue weighted by molar-refractivity contribution is 0.0691. The molecule has 0 saturated carbocycles. The fourth-order valence-electron chi connectivity index (χ4n) is 4.13. The predicted molar refractivity (Wildman–Crippen MR) is 132 cm³/mol. The van der Waals surface area contributed by atoms with E-state index in [1.54, 1.807) is 13.2 Å². The summed E-state index contributed by atoms with van der Waals surface area (Å²) < 4.78 is 5.24. The molecule has 2 unspecified atom stereocenters. The van der Waals surface area contributed by atoms with Gasteiger partial charge in [-0.2, -0.15) is 0 Å². The first-order valence-corrected chi connectivity index (χ1v) is 11.2. The number of aryl methyl sites for hydroxylation is 1. The zero-order chi connectivity index (χ0) is 24.6. The van der Waals surface area contributed by atoms with Crippen LogP contribution in [0.1, 0.15) is 57.4 Å². The maximum absolute atomic E-state index is 13.4. The van der Waals surface area contributed by atoms with Crippen LogP contribution in [0.4, 0.5) is 11.4 Å². The minimum atomic E-state index is -1.19. The summed E-state index contributed by atoms with van der Waals surface area (Å²) in [6.45, 7) is 5.67. The van der Waals surface area contributed by atoms with E-state index in [1.165, 1.54) is 6.07 Å². The van der Waals surface area contributed by atoms with Gasteiger partial charge in [0.1, 0.15) is 10.9 Å². The van der Waals surface area contributed by atoms with Crippen LogP contribution < -0.4 is 10.1 Å².